The first-order valence-electron chi connectivity index (χ1n) is 5.40. The Bertz CT molecular complexity index is 391. The van der Waals surface area contributed by atoms with Crippen LogP contribution in [-0.2, 0) is 10.8 Å². The highest BCUT2D eigenvalue weighted by atomic mass is 32.2. The topological polar surface area (TPSA) is 29.1 Å². The average Bonchev–Trinajstić information content (AvgIpc) is 2.14. The molecule has 0 saturated carbocycles. The zero-order chi connectivity index (χ0) is 13.0. The largest absolute Gasteiger partial charge is 0.307 e. The SMILES string of the molecule is CC(CS(C)=O)NC(C)c1cc(F)cc(F)c1. The summed E-state index contributed by atoms with van der Waals surface area (Å²) in [6.45, 7) is 3.72. The predicted octanol–water partition coefficient (Wildman–Crippen LogP) is 2.38. The molecule has 0 spiro atoms. The van der Waals surface area contributed by atoms with E-state index in [-0.39, 0.29) is 12.1 Å². The Balaban J connectivity index is 2.69. The molecule has 5 heteroatoms. The third kappa shape index (κ3) is 4.91. The van der Waals surface area contributed by atoms with Gasteiger partial charge in [0, 0.05) is 41.0 Å². The van der Waals surface area contributed by atoms with Crippen LogP contribution in [0.5, 0.6) is 0 Å². The normalized spacial score (nSPS) is 16.5. The summed E-state index contributed by atoms with van der Waals surface area (Å²) < 4.78 is 37.1. The zero-order valence-corrected chi connectivity index (χ0v) is 11.0. The van der Waals surface area contributed by atoms with E-state index in [1.165, 1.54) is 12.1 Å². The van der Waals surface area contributed by atoms with Crippen LogP contribution < -0.4 is 5.32 Å². The van der Waals surface area contributed by atoms with Crippen molar-refractivity contribution in [3.63, 3.8) is 0 Å². The Labute approximate surface area is 103 Å². The van der Waals surface area contributed by atoms with Gasteiger partial charge in [-0.15, -0.1) is 0 Å². The summed E-state index contributed by atoms with van der Waals surface area (Å²) in [7, 11) is -0.888. The van der Waals surface area contributed by atoms with Crippen molar-refractivity contribution in [1.82, 2.24) is 5.32 Å². The highest BCUT2D eigenvalue weighted by Gasteiger charge is 2.12. The summed E-state index contributed by atoms with van der Waals surface area (Å²) in [5.74, 6) is -0.650. The van der Waals surface area contributed by atoms with Gasteiger partial charge < -0.3 is 5.32 Å². The van der Waals surface area contributed by atoms with Crippen molar-refractivity contribution in [3.8, 4) is 0 Å². The molecule has 1 rings (SSSR count). The molecular weight excluding hydrogens is 244 g/mol. The van der Waals surface area contributed by atoms with Crippen LogP contribution in [0.3, 0.4) is 0 Å². The van der Waals surface area contributed by atoms with E-state index >= 15 is 0 Å². The van der Waals surface area contributed by atoms with Crippen molar-refractivity contribution in [2.24, 2.45) is 0 Å². The number of nitrogens with one attached hydrogen (secondary N) is 1. The van der Waals surface area contributed by atoms with Gasteiger partial charge in [-0.05, 0) is 31.5 Å². The van der Waals surface area contributed by atoms with Crippen LogP contribution in [0.25, 0.3) is 0 Å². The molecule has 0 aliphatic carbocycles. The first kappa shape index (κ1) is 14.3. The monoisotopic (exact) mass is 261 g/mol. The molecule has 3 atom stereocenters. The van der Waals surface area contributed by atoms with Crippen molar-refractivity contribution < 1.29 is 13.0 Å². The quantitative estimate of drug-likeness (QED) is 0.881. The molecule has 0 bridgehead atoms. The average molecular weight is 261 g/mol. The van der Waals surface area contributed by atoms with E-state index < -0.39 is 22.4 Å². The number of hydrogen-bond donors (Lipinski definition) is 1. The fraction of sp³-hybridized carbons (Fsp3) is 0.500. The lowest BCUT2D eigenvalue weighted by Gasteiger charge is -2.19. The minimum Gasteiger partial charge on any atom is -0.307 e. The zero-order valence-electron chi connectivity index (χ0n) is 10.2. The molecule has 1 aromatic carbocycles. The molecule has 1 aromatic rings. The Kier molecular flexibility index (Phi) is 5.21. The van der Waals surface area contributed by atoms with Crippen molar-refractivity contribution in [1.29, 1.82) is 0 Å². The molecule has 0 amide bonds. The Morgan fingerprint density at radius 3 is 2.24 bits per heavy atom. The van der Waals surface area contributed by atoms with Gasteiger partial charge in [-0.25, -0.2) is 8.78 Å². The molecule has 96 valence electrons. The molecule has 0 aromatic heterocycles. The van der Waals surface area contributed by atoms with E-state index in [9.17, 15) is 13.0 Å². The highest BCUT2D eigenvalue weighted by Crippen LogP contribution is 2.16. The number of halogens is 2. The maximum absolute atomic E-state index is 13.0. The molecule has 17 heavy (non-hydrogen) atoms. The second kappa shape index (κ2) is 6.21. The fourth-order valence-electron chi connectivity index (χ4n) is 1.75. The van der Waals surface area contributed by atoms with Crippen LogP contribution in [0.4, 0.5) is 8.78 Å². The van der Waals surface area contributed by atoms with Gasteiger partial charge in [0.1, 0.15) is 11.6 Å². The Morgan fingerprint density at radius 2 is 1.76 bits per heavy atom. The fourth-order valence-corrected chi connectivity index (χ4v) is 2.55. The van der Waals surface area contributed by atoms with Crippen LogP contribution >= 0.6 is 0 Å². The first-order chi connectivity index (χ1) is 7.88. The third-order valence-corrected chi connectivity index (χ3v) is 3.37. The van der Waals surface area contributed by atoms with Gasteiger partial charge in [-0.2, -0.15) is 0 Å². The number of hydrogen-bond acceptors (Lipinski definition) is 2. The molecule has 0 saturated heterocycles. The van der Waals surface area contributed by atoms with E-state index in [1.54, 1.807) is 6.26 Å². The van der Waals surface area contributed by atoms with Crippen LogP contribution in [-0.4, -0.2) is 22.3 Å². The summed E-state index contributed by atoms with van der Waals surface area (Å²) in [6, 6.07) is 3.30. The van der Waals surface area contributed by atoms with Gasteiger partial charge in [0.05, 0.1) is 0 Å². The molecule has 0 aliphatic heterocycles. The van der Waals surface area contributed by atoms with E-state index in [1.807, 2.05) is 13.8 Å². The summed E-state index contributed by atoms with van der Waals surface area (Å²) in [4.78, 5) is 0. The van der Waals surface area contributed by atoms with Crippen molar-refractivity contribution >= 4 is 10.8 Å². The molecular formula is C12H17F2NOS. The predicted molar refractivity (Wildman–Crippen MR) is 66.3 cm³/mol. The molecule has 2 nitrogen and oxygen atoms in total. The second-order valence-electron chi connectivity index (χ2n) is 4.23. The minimum absolute atomic E-state index is 0.0298. The van der Waals surface area contributed by atoms with E-state index in [4.69, 9.17) is 0 Å². The maximum atomic E-state index is 13.0. The van der Waals surface area contributed by atoms with Gasteiger partial charge >= 0.3 is 0 Å². The van der Waals surface area contributed by atoms with Gasteiger partial charge in [0.2, 0.25) is 0 Å². The maximum Gasteiger partial charge on any atom is 0.126 e. The smallest absolute Gasteiger partial charge is 0.126 e. The van der Waals surface area contributed by atoms with Gasteiger partial charge in [-0.3, -0.25) is 4.21 Å². The number of benzene rings is 1. The van der Waals surface area contributed by atoms with Crippen LogP contribution in [0.15, 0.2) is 18.2 Å². The molecule has 0 fully saturated rings. The van der Waals surface area contributed by atoms with Crippen LogP contribution in [0.2, 0.25) is 0 Å². The van der Waals surface area contributed by atoms with E-state index in [0.29, 0.717) is 11.3 Å². The molecule has 0 aliphatic rings. The van der Waals surface area contributed by atoms with Gasteiger partial charge in [0.15, 0.2) is 0 Å². The van der Waals surface area contributed by atoms with Crippen LogP contribution in [0, 0.1) is 11.6 Å². The number of rotatable bonds is 5. The third-order valence-electron chi connectivity index (χ3n) is 2.40. The van der Waals surface area contributed by atoms with Crippen molar-refractivity contribution in [3.05, 3.63) is 35.4 Å². The van der Waals surface area contributed by atoms with Gasteiger partial charge in [0.25, 0.3) is 0 Å². The lowest BCUT2D eigenvalue weighted by Crippen LogP contribution is -2.33. The minimum atomic E-state index is -0.888. The Hall–Kier alpha value is -0.810. The van der Waals surface area contributed by atoms with E-state index in [0.717, 1.165) is 6.07 Å². The molecule has 1 N–H and O–H groups in total. The summed E-state index contributed by atoms with van der Waals surface area (Å²) in [6.07, 6.45) is 1.63. The second-order valence-corrected chi connectivity index (χ2v) is 5.71. The summed E-state index contributed by atoms with van der Waals surface area (Å²) in [5.41, 5.74) is 0.552. The lowest BCUT2D eigenvalue weighted by molar-refractivity contribution is 0.499. The summed E-state index contributed by atoms with van der Waals surface area (Å²) in [5, 5.41) is 3.16. The first-order valence-corrected chi connectivity index (χ1v) is 7.13. The van der Waals surface area contributed by atoms with Crippen molar-refractivity contribution in [2.75, 3.05) is 12.0 Å². The van der Waals surface area contributed by atoms with Crippen molar-refractivity contribution in [2.45, 2.75) is 25.9 Å². The standard InChI is InChI=1S/C12H17F2NOS/c1-8(7-17(3)16)15-9(2)10-4-11(13)6-12(14)5-10/h4-6,8-9,15H,7H2,1-3H3. The van der Waals surface area contributed by atoms with E-state index in [2.05, 4.69) is 5.32 Å². The highest BCUT2D eigenvalue weighted by molar-refractivity contribution is 7.84. The molecule has 3 unspecified atom stereocenters. The van der Waals surface area contributed by atoms with Crippen LogP contribution in [0.1, 0.15) is 25.5 Å². The Morgan fingerprint density at radius 1 is 1.24 bits per heavy atom. The molecule has 0 radical (unpaired) electrons. The van der Waals surface area contributed by atoms with Gasteiger partial charge in [-0.1, -0.05) is 0 Å². The lowest BCUT2D eigenvalue weighted by atomic mass is 10.1. The summed E-state index contributed by atoms with van der Waals surface area (Å²) >= 11 is 0. The molecule has 0 heterocycles.